The zero-order valence-corrected chi connectivity index (χ0v) is 23.6. The molecular formula is C28H24ClFN8O5. The number of nitrogen functional groups attached to an aromatic ring is 1. The Hall–Kier alpha value is -5.50. The predicted molar refractivity (Wildman–Crippen MR) is 153 cm³/mol. The number of amides is 1. The smallest absolute Gasteiger partial charge is 0.293 e. The Labute approximate surface area is 249 Å². The molecule has 3 N–H and O–H groups in total. The van der Waals surface area contributed by atoms with E-state index in [9.17, 15) is 9.18 Å². The van der Waals surface area contributed by atoms with E-state index in [-0.39, 0.29) is 29.6 Å². The van der Waals surface area contributed by atoms with Gasteiger partial charge in [-0.05, 0) is 77.4 Å². The summed E-state index contributed by atoms with van der Waals surface area (Å²) in [6.45, 7) is 1.82. The summed E-state index contributed by atoms with van der Waals surface area (Å²) in [6, 6.07) is 17.9. The number of ether oxygens (including phenoxy) is 3. The largest absolute Gasteiger partial charge is 0.493 e. The molecule has 3 aromatic carbocycles. The summed E-state index contributed by atoms with van der Waals surface area (Å²) in [5, 5.41) is 20.0. The van der Waals surface area contributed by atoms with E-state index in [0.717, 1.165) is 10.2 Å². The number of nitrogens with one attached hydrogen (secondary N) is 1. The quantitative estimate of drug-likeness (QED) is 0.163. The maximum absolute atomic E-state index is 13.3. The van der Waals surface area contributed by atoms with Gasteiger partial charge in [0.15, 0.2) is 17.2 Å². The topological polar surface area (TPSA) is 165 Å². The maximum Gasteiger partial charge on any atom is 0.293 e. The fourth-order valence-electron chi connectivity index (χ4n) is 3.80. The normalized spacial score (nSPS) is 11.3. The number of benzene rings is 3. The first kappa shape index (κ1) is 29.0. The van der Waals surface area contributed by atoms with Crippen LogP contribution >= 0.6 is 11.6 Å². The van der Waals surface area contributed by atoms with Gasteiger partial charge in [0.25, 0.3) is 5.91 Å². The molecule has 13 nitrogen and oxygen atoms in total. The van der Waals surface area contributed by atoms with Crippen molar-refractivity contribution in [3.8, 4) is 23.1 Å². The van der Waals surface area contributed by atoms with Crippen LogP contribution in [0.4, 0.5) is 10.2 Å². The van der Waals surface area contributed by atoms with Crippen molar-refractivity contribution in [2.24, 2.45) is 5.10 Å². The summed E-state index contributed by atoms with van der Waals surface area (Å²) in [6.07, 6.45) is 0. The van der Waals surface area contributed by atoms with Crippen molar-refractivity contribution in [1.82, 2.24) is 30.7 Å². The second kappa shape index (κ2) is 13.0. The Balaban J connectivity index is 1.32. The van der Waals surface area contributed by atoms with Gasteiger partial charge in [-0.2, -0.15) is 9.78 Å². The molecule has 15 heteroatoms. The number of anilines is 1. The molecule has 1 amide bonds. The fourth-order valence-corrected chi connectivity index (χ4v) is 3.93. The molecule has 0 aliphatic heterocycles. The lowest BCUT2D eigenvalue weighted by atomic mass is 10.1. The highest BCUT2D eigenvalue weighted by atomic mass is 35.5. The minimum Gasteiger partial charge on any atom is -0.493 e. The molecular weight excluding hydrogens is 583 g/mol. The van der Waals surface area contributed by atoms with Crippen LogP contribution in [-0.4, -0.2) is 44.0 Å². The molecule has 0 spiro atoms. The zero-order valence-electron chi connectivity index (χ0n) is 22.8. The van der Waals surface area contributed by atoms with Gasteiger partial charge in [-0.1, -0.05) is 28.9 Å². The molecule has 2 heterocycles. The highest BCUT2D eigenvalue weighted by Gasteiger charge is 2.24. The van der Waals surface area contributed by atoms with Gasteiger partial charge < -0.3 is 19.9 Å². The Morgan fingerprint density at radius 2 is 1.81 bits per heavy atom. The van der Waals surface area contributed by atoms with E-state index in [1.807, 2.05) is 12.1 Å². The number of nitrogens with zero attached hydrogens (tertiary/aromatic N) is 6. The van der Waals surface area contributed by atoms with E-state index in [4.69, 9.17) is 31.5 Å². The lowest BCUT2D eigenvalue weighted by Crippen LogP contribution is -2.22. The molecule has 5 rings (SSSR count). The van der Waals surface area contributed by atoms with Crippen molar-refractivity contribution < 1.29 is 28.0 Å². The molecule has 43 heavy (non-hydrogen) atoms. The van der Waals surface area contributed by atoms with Crippen LogP contribution in [0.15, 0.2) is 76.5 Å². The van der Waals surface area contributed by atoms with Gasteiger partial charge in [0.1, 0.15) is 30.5 Å². The lowest BCUT2D eigenvalue weighted by Gasteiger charge is -2.12. The molecule has 5 aromatic rings. The van der Waals surface area contributed by atoms with Crippen LogP contribution in [0.3, 0.4) is 0 Å². The van der Waals surface area contributed by atoms with Crippen LogP contribution in [0.2, 0.25) is 5.02 Å². The second-order valence-electron chi connectivity index (χ2n) is 8.93. The third kappa shape index (κ3) is 6.87. The number of carbonyl (C=O) groups excluding carboxylic acids is 1. The van der Waals surface area contributed by atoms with Crippen LogP contribution in [0.25, 0.3) is 5.82 Å². The van der Waals surface area contributed by atoms with Gasteiger partial charge in [0.2, 0.25) is 11.6 Å². The van der Waals surface area contributed by atoms with Gasteiger partial charge >= 0.3 is 0 Å². The van der Waals surface area contributed by atoms with Gasteiger partial charge in [-0.3, -0.25) is 4.79 Å². The fraction of sp³-hybridized carbons (Fsp3) is 0.143. The number of methoxy groups -OCH3 is 1. The molecule has 0 atom stereocenters. The minimum atomic E-state index is -0.687. The number of nitrogens with two attached hydrogens (primary N) is 1. The number of hydrogen-bond donors (Lipinski definition) is 2. The number of hydrogen-bond acceptors (Lipinski definition) is 11. The SMILES string of the molecule is COc1cc(C(C)=NNC(=O)c2nnn(-c3nonc3N)c2COc2ccc(F)cc2)ccc1OCc1ccc(Cl)cc1. The summed E-state index contributed by atoms with van der Waals surface area (Å²) in [7, 11) is 1.53. The molecule has 2 aromatic heterocycles. The molecule has 0 aliphatic rings. The van der Waals surface area contributed by atoms with Gasteiger partial charge in [-0.15, -0.1) is 5.10 Å². The number of aromatic nitrogens is 5. The van der Waals surface area contributed by atoms with Gasteiger partial charge in [0.05, 0.1) is 12.8 Å². The van der Waals surface area contributed by atoms with Crippen molar-refractivity contribution in [3.63, 3.8) is 0 Å². The third-order valence-corrected chi connectivity index (χ3v) is 6.33. The van der Waals surface area contributed by atoms with Crippen molar-refractivity contribution in [2.75, 3.05) is 12.8 Å². The molecule has 0 radical (unpaired) electrons. The summed E-state index contributed by atoms with van der Waals surface area (Å²) >= 11 is 5.95. The molecule has 0 fully saturated rings. The summed E-state index contributed by atoms with van der Waals surface area (Å²) in [5.74, 6) is 0.170. The number of halogens is 2. The molecule has 0 bridgehead atoms. The molecule has 220 valence electrons. The Morgan fingerprint density at radius 1 is 1.05 bits per heavy atom. The van der Waals surface area contributed by atoms with Crippen LogP contribution < -0.4 is 25.4 Å². The van der Waals surface area contributed by atoms with Crippen molar-refractivity contribution in [3.05, 3.63) is 100 Å². The number of hydrazone groups is 1. The monoisotopic (exact) mass is 606 g/mol. The van der Waals surface area contributed by atoms with Gasteiger partial charge in [0, 0.05) is 10.6 Å². The van der Waals surface area contributed by atoms with E-state index < -0.39 is 11.7 Å². The summed E-state index contributed by atoms with van der Waals surface area (Å²) in [5.41, 5.74) is 10.4. The van der Waals surface area contributed by atoms with Crippen LogP contribution in [0, 0.1) is 5.82 Å². The maximum atomic E-state index is 13.3. The van der Waals surface area contributed by atoms with Gasteiger partial charge in [-0.25, -0.2) is 14.4 Å². The average molecular weight is 607 g/mol. The Kier molecular flexibility index (Phi) is 8.77. The third-order valence-electron chi connectivity index (χ3n) is 6.08. The summed E-state index contributed by atoms with van der Waals surface area (Å²) < 4.78 is 36.3. The van der Waals surface area contributed by atoms with E-state index in [1.54, 1.807) is 37.3 Å². The van der Waals surface area contributed by atoms with Crippen molar-refractivity contribution >= 4 is 29.0 Å². The minimum absolute atomic E-state index is 0.00871. The Morgan fingerprint density at radius 3 is 2.51 bits per heavy atom. The first-order chi connectivity index (χ1) is 20.8. The lowest BCUT2D eigenvalue weighted by molar-refractivity contribution is 0.0947. The highest BCUT2D eigenvalue weighted by Crippen LogP contribution is 2.29. The predicted octanol–water partition coefficient (Wildman–Crippen LogP) is 4.35. The first-order valence-electron chi connectivity index (χ1n) is 12.6. The van der Waals surface area contributed by atoms with E-state index >= 15 is 0 Å². The average Bonchev–Trinajstić information content (AvgIpc) is 3.64. The second-order valence-corrected chi connectivity index (χ2v) is 9.37. The van der Waals surface area contributed by atoms with Crippen molar-refractivity contribution in [2.45, 2.75) is 20.1 Å². The molecule has 0 aliphatic carbocycles. The van der Waals surface area contributed by atoms with E-state index in [2.05, 4.69) is 35.8 Å². The van der Waals surface area contributed by atoms with Crippen LogP contribution in [-0.2, 0) is 13.2 Å². The molecule has 0 saturated carbocycles. The number of carbonyl (C=O) groups is 1. The van der Waals surface area contributed by atoms with Crippen LogP contribution in [0.1, 0.15) is 34.2 Å². The Bertz CT molecular complexity index is 1760. The molecule has 0 unspecified atom stereocenters. The molecule has 0 saturated heterocycles. The zero-order chi connectivity index (χ0) is 30.3. The van der Waals surface area contributed by atoms with Crippen molar-refractivity contribution in [1.29, 1.82) is 0 Å². The highest BCUT2D eigenvalue weighted by molar-refractivity contribution is 6.30. The van der Waals surface area contributed by atoms with Crippen LogP contribution in [0.5, 0.6) is 17.2 Å². The standard InChI is InChI=1S/C28H24ClFN8O5/c1-16(18-5-12-23(24(13-18)40-2)42-14-17-3-6-19(29)7-4-17)32-34-28(39)25-22(15-41-21-10-8-20(30)9-11-21)38(37-33-25)27-26(31)35-43-36-27/h3-13H,14-15H2,1-2H3,(H2,31,35)(H,34,39). The number of rotatable bonds is 11. The summed E-state index contributed by atoms with van der Waals surface area (Å²) in [4.78, 5) is 13.2. The first-order valence-corrected chi connectivity index (χ1v) is 13.0. The van der Waals surface area contributed by atoms with E-state index in [0.29, 0.717) is 40.2 Å². The van der Waals surface area contributed by atoms with E-state index in [1.165, 1.54) is 31.4 Å².